The Morgan fingerprint density at radius 3 is 2.32 bits per heavy atom. The monoisotopic (exact) mass is 419 g/mol. The van der Waals surface area contributed by atoms with E-state index < -0.39 is 0 Å². The molecule has 1 saturated heterocycles. The van der Waals surface area contributed by atoms with Crippen molar-refractivity contribution in [3.05, 3.63) is 76.2 Å². The van der Waals surface area contributed by atoms with Gasteiger partial charge in [0.25, 0.3) is 11.5 Å². The third kappa shape index (κ3) is 4.68. The quantitative estimate of drug-likeness (QED) is 0.663. The van der Waals surface area contributed by atoms with Gasteiger partial charge in [-0.05, 0) is 25.6 Å². The fourth-order valence-corrected chi connectivity index (χ4v) is 4.05. The largest absolute Gasteiger partial charge is 0.343 e. The number of piperazine rings is 1. The predicted molar refractivity (Wildman–Crippen MR) is 122 cm³/mol. The third-order valence-corrected chi connectivity index (χ3v) is 5.93. The number of carbonyl (C=O) groups is 1. The number of aryl methyl sites for hydroxylation is 1. The Balaban J connectivity index is 1.65. The zero-order chi connectivity index (χ0) is 21.8. The predicted octanol–water partition coefficient (Wildman–Crippen LogP) is 2.13. The molecular formula is C24H29N5O2. The SMILES string of the molecule is CCn1nc(C(=O)NC(CN2CCN(C)CC2)c2ccccc2)c2ccccc2c1=O. The van der Waals surface area contributed by atoms with Crippen LogP contribution in [0.1, 0.15) is 29.0 Å². The van der Waals surface area contributed by atoms with E-state index in [1.54, 1.807) is 12.1 Å². The highest BCUT2D eigenvalue weighted by atomic mass is 16.2. The first-order valence-electron chi connectivity index (χ1n) is 10.8. The molecule has 1 atom stereocenters. The standard InChI is InChI=1S/C24H29N5O2/c1-3-29-24(31)20-12-8-7-11-19(20)22(26-29)23(30)25-21(18-9-5-4-6-10-18)17-28-15-13-27(2)14-16-28/h4-12,21H,3,13-17H2,1-2H3,(H,25,30). The zero-order valence-corrected chi connectivity index (χ0v) is 18.1. The molecule has 1 aliphatic heterocycles. The van der Waals surface area contributed by atoms with Gasteiger partial charge in [0, 0.05) is 44.7 Å². The van der Waals surface area contributed by atoms with Crippen molar-refractivity contribution in [3.8, 4) is 0 Å². The molecule has 0 radical (unpaired) electrons. The molecule has 0 saturated carbocycles. The number of likely N-dealkylation sites (N-methyl/N-ethyl adjacent to an activating group) is 1. The molecule has 7 nitrogen and oxygen atoms in total. The van der Waals surface area contributed by atoms with Crippen LogP contribution in [-0.2, 0) is 6.54 Å². The number of hydrogen-bond donors (Lipinski definition) is 1. The average molecular weight is 420 g/mol. The van der Waals surface area contributed by atoms with Crippen molar-refractivity contribution in [2.24, 2.45) is 0 Å². The van der Waals surface area contributed by atoms with Crippen LogP contribution in [-0.4, -0.2) is 65.3 Å². The smallest absolute Gasteiger partial charge is 0.274 e. The molecule has 4 rings (SSSR count). The van der Waals surface area contributed by atoms with Crippen molar-refractivity contribution in [1.82, 2.24) is 24.9 Å². The van der Waals surface area contributed by atoms with E-state index in [0.29, 0.717) is 17.3 Å². The van der Waals surface area contributed by atoms with Crippen molar-refractivity contribution in [1.29, 1.82) is 0 Å². The van der Waals surface area contributed by atoms with Gasteiger partial charge in [-0.2, -0.15) is 5.10 Å². The lowest BCUT2D eigenvalue weighted by atomic mass is 10.0. The molecule has 1 N–H and O–H groups in total. The van der Waals surface area contributed by atoms with Crippen LogP contribution in [0.5, 0.6) is 0 Å². The fraction of sp³-hybridized carbons (Fsp3) is 0.375. The van der Waals surface area contributed by atoms with E-state index in [-0.39, 0.29) is 23.2 Å². The van der Waals surface area contributed by atoms with Gasteiger partial charge >= 0.3 is 0 Å². The number of hydrogen-bond acceptors (Lipinski definition) is 5. The first kappa shape index (κ1) is 21.2. The molecular weight excluding hydrogens is 390 g/mol. The molecule has 2 heterocycles. The van der Waals surface area contributed by atoms with E-state index in [4.69, 9.17) is 0 Å². The van der Waals surface area contributed by atoms with Gasteiger partial charge < -0.3 is 10.2 Å². The van der Waals surface area contributed by atoms with Gasteiger partial charge in [-0.25, -0.2) is 4.68 Å². The molecule has 1 unspecified atom stereocenters. The first-order chi connectivity index (χ1) is 15.1. The van der Waals surface area contributed by atoms with E-state index >= 15 is 0 Å². The van der Waals surface area contributed by atoms with E-state index in [1.807, 2.05) is 49.4 Å². The van der Waals surface area contributed by atoms with Crippen molar-refractivity contribution in [2.45, 2.75) is 19.5 Å². The lowest BCUT2D eigenvalue weighted by molar-refractivity contribution is 0.0902. The van der Waals surface area contributed by atoms with Crippen LogP contribution in [0.3, 0.4) is 0 Å². The molecule has 0 spiro atoms. The molecule has 2 aromatic carbocycles. The molecule has 1 aromatic heterocycles. The molecule has 0 bridgehead atoms. The molecule has 1 amide bonds. The molecule has 162 valence electrons. The third-order valence-electron chi connectivity index (χ3n) is 5.93. The van der Waals surface area contributed by atoms with Crippen LogP contribution in [0.15, 0.2) is 59.4 Å². The molecule has 1 aliphatic rings. The number of carbonyl (C=O) groups excluding carboxylic acids is 1. The van der Waals surface area contributed by atoms with Crippen LogP contribution in [0.25, 0.3) is 10.8 Å². The van der Waals surface area contributed by atoms with Crippen LogP contribution < -0.4 is 10.9 Å². The van der Waals surface area contributed by atoms with Gasteiger partial charge in [0.2, 0.25) is 0 Å². The van der Waals surface area contributed by atoms with Gasteiger partial charge in [0.15, 0.2) is 5.69 Å². The van der Waals surface area contributed by atoms with Crippen molar-refractivity contribution in [2.75, 3.05) is 39.8 Å². The second-order valence-corrected chi connectivity index (χ2v) is 8.06. The maximum Gasteiger partial charge on any atom is 0.274 e. The Morgan fingerprint density at radius 2 is 1.65 bits per heavy atom. The van der Waals surface area contributed by atoms with Crippen LogP contribution >= 0.6 is 0 Å². The van der Waals surface area contributed by atoms with Gasteiger partial charge in [-0.3, -0.25) is 14.5 Å². The minimum absolute atomic E-state index is 0.167. The summed E-state index contributed by atoms with van der Waals surface area (Å²) in [4.78, 5) is 30.7. The minimum atomic E-state index is -0.263. The van der Waals surface area contributed by atoms with Crippen LogP contribution in [0.2, 0.25) is 0 Å². The summed E-state index contributed by atoms with van der Waals surface area (Å²) in [5.74, 6) is -0.263. The Morgan fingerprint density at radius 1 is 1.00 bits per heavy atom. The topological polar surface area (TPSA) is 70.5 Å². The van der Waals surface area contributed by atoms with Gasteiger partial charge in [-0.1, -0.05) is 48.5 Å². The highest BCUT2D eigenvalue weighted by Gasteiger charge is 2.24. The van der Waals surface area contributed by atoms with Gasteiger partial charge in [0.1, 0.15) is 0 Å². The van der Waals surface area contributed by atoms with E-state index in [0.717, 1.165) is 38.3 Å². The molecule has 1 fully saturated rings. The summed E-state index contributed by atoms with van der Waals surface area (Å²) in [6.45, 7) is 6.97. The van der Waals surface area contributed by atoms with E-state index in [2.05, 4.69) is 27.3 Å². The molecule has 31 heavy (non-hydrogen) atoms. The van der Waals surface area contributed by atoms with E-state index in [9.17, 15) is 9.59 Å². The zero-order valence-electron chi connectivity index (χ0n) is 18.1. The lowest BCUT2D eigenvalue weighted by Gasteiger charge is -2.35. The summed E-state index contributed by atoms with van der Waals surface area (Å²) >= 11 is 0. The summed E-state index contributed by atoms with van der Waals surface area (Å²) in [5.41, 5.74) is 1.17. The summed E-state index contributed by atoms with van der Waals surface area (Å²) in [7, 11) is 2.13. The van der Waals surface area contributed by atoms with Gasteiger partial charge in [-0.15, -0.1) is 0 Å². The number of amides is 1. The average Bonchev–Trinajstić information content (AvgIpc) is 2.81. The number of aromatic nitrogens is 2. The van der Waals surface area contributed by atoms with Crippen molar-refractivity contribution < 1.29 is 4.79 Å². The Labute approximate surface area is 182 Å². The number of rotatable bonds is 6. The first-order valence-corrected chi connectivity index (χ1v) is 10.8. The molecule has 3 aromatic rings. The lowest BCUT2D eigenvalue weighted by Crippen LogP contribution is -2.48. The Bertz CT molecular complexity index is 1100. The Hall–Kier alpha value is -3.03. The maximum atomic E-state index is 13.4. The Kier molecular flexibility index (Phi) is 6.44. The number of nitrogens with zero attached hydrogens (tertiary/aromatic N) is 4. The van der Waals surface area contributed by atoms with Crippen molar-refractivity contribution in [3.63, 3.8) is 0 Å². The van der Waals surface area contributed by atoms with Gasteiger partial charge in [0.05, 0.1) is 11.4 Å². The minimum Gasteiger partial charge on any atom is -0.343 e. The highest BCUT2D eigenvalue weighted by Crippen LogP contribution is 2.18. The molecule has 0 aliphatic carbocycles. The second-order valence-electron chi connectivity index (χ2n) is 8.06. The fourth-order valence-electron chi connectivity index (χ4n) is 4.05. The maximum absolute atomic E-state index is 13.4. The van der Waals surface area contributed by atoms with Crippen LogP contribution in [0.4, 0.5) is 0 Å². The number of benzene rings is 2. The van der Waals surface area contributed by atoms with E-state index in [1.165, 1.54) is 4.68 Å². The second kappa shape index (κ2) is 9.41. The summed E-state index contributed by atoms with van der Waals surface area (Å²) < 4.78 is 1.36. The number of fused-ring (bicyclic) bond motifs is 1. The number of nitrogens with one attached hydrogen (secondary N) is 1. The van der Waals surface area contributed by atoms with Crippen molar-refractivity contribution >= 4 is 16.7 Å². The molecule has 7 heteroatoms. The highest BCUT2D eigenvalue weighted by molar-refractivity contribution is 6.04. The normalized spacial score (nSPS) is 16.3. The summed E-state index contributed by atoms with van der Waals surface area (Å²) in [6, 6.07) is 17.1. The summed E-state index contributed by atoms with van der Waals surface area (Å²) in [6.07, 6.45) is 0. The van der Waals surface area contributed by atoms with Crippen LogP contribution in [0, 0.1) is 0 Å². The summed E-state index contributed by atoms with van der Waals surface area (Å²) in [5, 5.41) is 8.69.